The molecule has 1 aliphatic rings. The van der Waals surface area contributed by atoms with Gasteiger partial charge in [0.05, 0.1) is 24.4 Å². The van der Waals surface area contributed by atoms with Gasteiger partial charge in [-0.05, 0) is 35.9 Å². The summed E-state index contributed by atoms with van der Waals surface area (Å²) in [6.45, 7) is 0. The van der Waals surface area contributed by atoms with Crippen molar-refractivity contribution >= 4 is 23.2 Å². The average molecular weight is 381 g/mol. The van der Waals surface area contributed by atoms with Crippen molar-refractivity contribution in [2.24, 2.45) is 0 Å². The van der Waals surface area contributed by atoms with Gasteiger partial charge in [-0.15, -0.1) is 10.2 Å². The minimum atomic E-state index is -0.743. The number of rotatable bonds is 4. The first-order chi connectivity index (χ1) is 13.5. The van der Waals surface area contributed by atoms with E-state index < -0.39 is 11.7 Å². The predicted octanol–water partition coefficient (Wildman–Crippen LogP) is 2.48. The molecular weight excluding hydrogens is 365 g/mol. The lowest BCUT2D eigenvalue weighted by molar-refractivity contribution is -0.123. The van der Waals surface area contributed by atoms with Gasteiger partial charge in [0.2, 0.25) is 11.8 Å². The molecule has 2 aromatic carbocycles. The number of anilines is 2. The number of carbonyl (C=O) groups excluding carboxylic acids is 2. The normalized spacial score (nSPS) is 15.5. The molecule has 2 N–H and O–H groups in total. The van der Waals surface area contributed by atoms with Crippen molar-refractivity contribution < 1.29 is 18.7 Å². The molecule has 0 saturated heterocycles. The van der Waals surface area contributed by atoms with Crippen LogP contribution in [0.5, 0.6) is 5.75 Å². The number of nitrogens with zero attached hydrogens (tertiary/aromatic N) is 3. The fraction of sp³-hybridized carbons (Fsp3) is 0.158. The first kappa shape index (κ1) is 17.7. The maximum atomic E-state index is 13.5. The molecule has 4 rings (SSSR count). The number of hydrogen-bond acceptors (Lipinski definition) is 5. The Labute approximate surface area is 159 Å². The van der Waals surface area contributed by atoms with Crippen LogP contribution >= 0.6 is 0 Å². The van der Waals surface area contributed by atoms with E-state index in [-0.39, 0.29) is 18.2 Å². The average Bonchev–Trinajstić information content (AvgIpc) is 3.21. The van der Waals surface area contributed by atoms with Crippen molar-refractivity contribution in [3.05, 3.63) is 60.4 Å². The third-order valence-electron chi connectivity index (χ3n) is 4.53. The molecule has 2 amide bonds. The lowest BCUT2D eigenvalue weighted by atomic mass is 9.89. The molecule has 142 valence electrons. The van der Waals surface area contributed by atoms with E-state index in [2.05, 4.69) is 20.8 Å². The van der Waals surface area contributed by atoms with Gasteiger partial charge in [-0.25, -0.2) is 4.39 Å². The Morgan fingerprint density at radius 3 is 2.79 bits per heavy atom. The molecule has 8 nitrogen and oxygen atoms in total. The van der Waals surface area contributed by atoms with E-state index >= 15 is 0 Å². The Bertz CT molecular complexity index is 1050. The lowest BCUT2D eigenvalue weighted by Crippen LogP contribution is -2.31. The molecule has 0 saturated carbocycles. The highest BCUT2D eigenvalue weighted by Crippen LogP contribution is 2.35. The summed E-state index contributed by atoms with van der Waals surface area (Å²) in [6, 6.07) is 9.21. The molecular formula is C19H16FN5O3. The lowest BCUT2D eigenvalue weighted by Gasteiger charge is -2.25. The van der Waals surface area contributed by atoms with Crippen LogP contribution in [0.25, 0.3) is 5.69 Å². The Balaban J connectivity index is 1.65. The molecule has 1 aromatic heterocycles. The molecule has 28 heavy (non-hydrogen) atoms. The second-order valence-corrected chi connectivity index (χ2v) is 6.28. The minimum Gasteiger partial charge on any atom is -0.495 e. The summed E-state index contributed by atoms with van der Waals surface area (Å²) in [4.78, 5) is 24.9. The van der Waals surface area contributed by atoms with E-state index in [0.29, 0.717) is 22.7 Å². The topological polar surface area (TPSA) is 98.1 Å². The molecule has 2 heterocycles. The van der Waals surface area contributed by atoms with Crippen LogP contribution in [-0.2, 0) is 9.59 Å². The smallest absolute Gasteiger partial charge is 0.232 e. The van der Waals surface area contributed by atoms with Crippen molar-refractivity contribution in [3.63, 3.8) is 0 Å². The second kappa shape index (κ2) is 7.10. The number of ether oxygens (including phenoxy) is 1. The Morgan fingerprint density at radius 1 is 1.25 bits per heavy atom. The maximum absolute atomic E-state index is 13.5. The zero-order valence-electron chi connectivity index (χ0n) is 14.8. The summed E-state index contributed by atoms with van der Waals surface area (Å²) in [5, 5.41) is 12.9. The van der Waals surface area contributed by atoms with Gasteiger partial charge in [0, 0.05) is 12.1 Å². The van der Waals surface area contributed by atoms with E-state index in [0.717, 1.165) is 5.69 Å². The Hall–Kier alpha value is -3.75. The molecule has 0 radical (unpaired) electrons. The number of amides is 2. The molecule has 3 aromatic rings. The highest BCUT2D eigenvalue weighted by atomic mass is 19.1. The highest BCUT2D eigenvalue weighted by Gasteiger charge is 2.31. The van der Waals surface area contributed by atoms with Gasteiger partial charge in [0.1, 0.15) is 24.2 Å². The number of halogens is 1. The van der Waals surface area contributed by atoms with Crippen LogP contribution in [-0.4, -0.2) is 33.7 Å². The van der Waals surface area contributed by atoms with Gasteiger partial charge >= 0.3 is 0 Å². The zero-order chi connectivity index (χ0) is 19.7. The van der Waals surface area contributed by atoms with E-state index in [1.807, 2.05) is 0 Å². The van der Waals surface area contributed by atoms with Crippen molar-refractivity contribution in [1.29, 1.82) is 0 Å². The van der Waals surface area contributed by atoms with Gasteiger partial charge in [0.25, 0.3) is 0 Å². The summed E-state index contributed by atoms with van der Waals surface area (Å²) >= 11 is 0. The zero-order valence-corrected chi connectivity index (χ0v) is 14.8. The van der Waals surface area contributed by atoms with Gasteiger partial charge < -0.3 is 15.4 Å². The number of carbonyl (C=O) groups is 2. The SMILES string of the molecule is COc1ccc(-n2cnnc2)cc1NC(=O)C1CC(=O)Nc2cc(F)ccc21. The maximum Gasteiger partial charge on any atom is 0.232 e. The fourth-order valence-electron chi connectivity index (χ4n) is 3.18. The molecule has 1 unspecified atom stereocenters. The molecule has 0 fully saturated rings. The Kier molecular flexibility index (Phi) is 4.48. The summed E-state index contributed by atoms with van der Waals surface area (Å²) in [5.74, 6) is -1.49. The molecule has 0 bridgehead atoms. The number of nitrogens with one attached hydrogen (secondary N) is 2. The number of benzene rings is 2. The van der Waals surface area contributed by atoms with Crippen LogP contribution in [0.15, 0.2) is 49.1 Å². The number of aromatic nitrogens is 3. The third kappa shape index (κ3) is 3.29. The van der Waals surface area contributed by atoms with E-state index in [1.54, 1.807) is 22.8 Å². The molecule has 9 heteroatoms. The fourth-order valence-corrected chi connectivity index (χ4v) is 3.18. The predicted molar refractivity (Wildman–Crippen MR) is 98.9 cm³/mol. The van der Waals surface area contributed by atoms with Crippen LogP contribution in [0.3, 0.4) is 0 Å². The summed E-state index contributed by atoms with van der Waals surface area (Å²) < 4.78 is 20.5. The van der Waals surface area contributed by atoms with E-state index in [9.17, 15) is 14.0 Å². The number of fused-ring (bicyclic) bond motifs is 1. The third-order valence-corrected chi connectivity index (χ3v) is 4.53. The summed E-state index contributed by atoms with van der Waals surface area (Å²) in [5.41, 5.74) is 2.03. The van der Waals surface area contributed by atoms with Crippen molar-refractivity contribution in [2.75, 3.05) is 17.7 Å². The number of hydrogen-bond donors (Lipinski definition) is 2. The first-order valence-electron chi connectivity index (χ1n) is 8.48. The number of methoxy groups -OCH3 is 1. The van der Waals surface area contributed by atoms with Crippen molar-refractivity contribution in [3.8, 4) is 11.4 Å². The Morgan fingerprint density at radius 2 is 2.04 bits per heavy atom. The molecule has 0 spiro atoms. The van der Waals surface area contributed by atoms with Gasteiger partial charge in [-0.2, -0.15) is 0 Å². The molecule has 1 aliphatic heterocycles. The van der Waals surface area contributed by atoms with E-state index in [1.165, 1.54) is 38.0 Å². The van der Waals surface area contributed by atoms with Crippen LogP contribution in [0, 0.1) is 5.82 Å². The first-order valence-corrected chi connectivity index (χ1v) is 8.48. The summed E-state index contributed by atoms with van der Waals surface area (Å²) in [7, 11) is 1.50. The largest absolute Gasteiger partial charge is 0.495 e. The van der Waals surface area contributed by atoms with E-state index in [4.69, 9.17) is 4.74 Å². The van der Waals surface area contributed by atoms with Gasteiger partial charge in [-0.3, -0.25) is 14.2 Å². The van der Waals surface area contributed by atoms with Crippen molar-refractivity contribution in [2.45, 2.75) is 12.3 Å². The second-order valence-electron chi connectivity index (χ2n) is 6.28. The highest BCUT2D eigenvalue weighted by molar-refractivity contribution is 6.05. The minimum absolute atomic E-state index is 0.0298. The van der Waals surface area contributed by atoms with Crippen LogP contribution in [0.4, 0.5) is 15.8 Å². The monoisotopic (exact) mass is 381 g/mol. The van der Waals surface area contributed by atoms with Crippen molar-refractivity contribution in [1.82, 2.24) is 14.8 Å². The molecule has 0 aliphatic carbocycles. The molecule has 1 atom stereocenters. The standard InChI is InChI=1S/C19H16FN5O3/c1-28-17-5-3-12(25-9-21-22-10-25)7-16(17)24-19(27)14-8-18(26)23-15-6-11(20)2-4-13(14)15/h2-7,9-10,14H,8H2,1H3,(H,23,26)(H,24,27). The summed E-state index contributed by atoms with van der Waals surface area (Å²) in [6.07, 6.45) is 3.03. The van der Waals surface area contributed by atoms with Crippen LogP contribution in [0.2, 0.25) is 0 Å². The van der Waals surface area contributed by atoms with Gasteiger partial charge in [-0.1, -0.05) is 6.07 Å². The van der Waals surface area contributed by atoms with Crippen LogP contribution in [0.1, 0.15) is 17.9 Å². The quantitative estimate of drug-likeness (QED) is 0.724. The van der Waals surface area contributed by atoms with Gasteiger partial charge in [0.15, 0.2) is 0 Å². The van der Waals surface area contributed by atoms with Crippen LogP contribution < -0.4 is 15.4 Å².